The molecular formula is C18H20FN3O2. The molecule has 2 heterocycles. The van der Waals surface area contributed by atoms with E-state index < -0.39 is 0 Å². The summed E-state index contributed by atoms with van der Waals surface area (Å²) in [5, 5.41) is 0. The number of morpholine rings is 1. The van der Waals surface area contributed by atoms with E-state index in [0.29, 0.717) is 24.5 Å². The molecule has 0 atom stereocenters. The van der Waals surface area contributed by atoms with Gasteiger partial charge in [0.15, 0.2) is 0 Å². The third-order valence-corrected chi connectivity index (χ3v) is 4.13. The number of pyridine rings is 1. The van der Waals surface area contributed by atoms with Crippen LogP contribution in [0.3, 0.4) is 0 Å². The van der Waals surface area contributed by atoms with Gasteiger partial charge in [-0.2, -0.15) is 0 Å². The Kier molecular flexibility index (Phi) is 5.05. The fraction of sp³-hybridized carbons (Fsp3) is 0.333. The molecule has 0 unspecified atom stereocenters. The average Bonchev–Trinajstić information content (AvgIpc) is 2.64. The highest BCUT2D eigenvalue weighted by molar-refractivity contribution is 5.94. The first-order chi connectivity index (χ1) is 11.6. The van der Waals surface area contributed by atoms with Gasteiger partial charge < -0.3 is 14.5 Å². The molecule has 5 nitrogen and oxygen atoms in total. The minimum absolute atomic E-state index is 0.0222. The summed E-state index contributed by atoms with van der Waals surface area (Å²) >= 11 is 0. The lowest BCUT2D eigenvalue weighted by Gasteiger charge is -2.28. The molecule has 1 fully saturated rings. The van der Waals surface area contributed by atoms with Crippen LogP contribution in [0.1, 0.15) is 5.56 Å². The van der Waals surface area contributed by atoms with Crippen LogP contribution in [-0.2, 0) is 16.0 Å². The van der Waals surface area contributed by atoms with E-state index in [1.165, 1.54) is 11.0 Å². The number of halogens is 1. The third kappa shape index (κ3) is 3.71. The van der Waals surface area contributed by atoms with Gasteiger partial charge in [-0.05, 0) is 23.8 Å². The molecule has 0 radical (unpaired) electrons. The normalized spacial score (nSPS) is 14.5. The number of nitrogens with zero attached hydrogens (tertiary/aromatic N) is 3. The monoisotopic (exact) mass is 329 g/mol. The zero-order valence-corrected chi connectivity index (χ0v) is 13.6. The van der Waals surface area contributed by atoms with Gasteiger partial charge in [-0.15, -0.1) is 0 Å². The van der Waals surface area contributed by atoms with Gasteiger partial charge in [0.2, 0.25) is 5.91 Å². The van der Waals surface area contributed by atoms with Crippen molar-refractivity contribution < 1.29 is 13.9 Å². The van der Waals surface area contributed by atoms with Gasteiger partial charge in [0.05, 0.1) is 31.5 Å². The Bertz CT molecular complexity index is 700. The predicted octanol–water partition coefficient (Wildman–Crippen LogP) is 2.26. The van der Waals surface area contributed by atoms with Crippen molar-refractivity contribution in [2.75, 3.05) is 43.2 Å². The van der Waals surface area contributed by atoms with Gasteiger partial charge in [0.1, 0.15) is 11.6 Å². The van der Waals surface area contributed by atoms with Crippen LogP contribution >= 0.6 is 0 Å². The smallest absolute Gasteiger partial charge is 0.231 e. The number of benzene rings is 1. The van der Waals surface area contributed by atoms with Crippen molar-refractivity contribution in [3.8, 4) is 0 Å². The molecular weight excluding hydrogens is 309 g/mol. The number of carbonyl (C=O) groups excluding carboxylic acids is 1. The highest BCUT2D eigenvalue weighted by atomic mass is 19.1. The fourth-order valence-electron chi connectivity index (χ4n) is 2.62. The number of ether oxygens (including phenoxy) is 1. The van der Waals surface area contributed by atoms with Crippen LogP contribution in [0.15, 0.2) is 42.6 Å². The molecule has 0 spiro atoms. The van der Waals surface area contributed by atoms with Crippen LogP contribution in [0.4, 0.5) is 15.9 Å². The van der Waals surface area contributed by atoms with Crippen molar-refractivity contribution in [3.63, 3.8) is 0 Å². The molecule has 2 aromatic rings. The second-order valence-electron chi connectivity index (χ2n) is 5.69. The van der Waals surface area contributed by atoms with Gasteiger partial charge in [-0.3, -0.25) is 4.79 Å². The van der Waals surface area contributed by atoms with Gasteiger partial charge in [-0.1, -0.05) is 18.2 Å². The van der Waals surface area contributed by atoms with Crippen LogP contribution in [0, 0.1) is 5.82 Å². The van der Waals surface area contributed by atoms with Crippen molar-refractivity contribution in [3.05, 3.63) is 54.0 Å². The largest absolute Gasteiger partial charge is 0.378 e. The molecule has 1 aliphatic heterocycles. The topological polar surface area (TPSA) is 45.7 Å². The number of rotatable bonds is 4. The number of amides is 1. The summed E-state index contributed by atoms with van der Waals surface area (Å²) in [6, 6.07) is 10.1. The van der Waals surface area contributed by atoms with E-state index in [4.69, 9.17) is 4.74 Å². The number of aromatic nitrogens is 1. The van der Waals surface area contributed by atoms with E-state index in [2.05, 4.69) is 9.88 Å². The molecule has 0 N–H and O–H groups in total. The number of likely N-dealkylation sites (N-methyl/N-ethyl adjacent to an activating group) is 1. The fourth-order valence-corrected chi connectivity index (χ4v) is 2.62. The summed E-state index contributed by atoms with van der Waals surface area (Å²) in [5.74, 6) is 0.332. The van der Waals surface area contributed by atoms with Crippen molar-refractivity contribution >= 4 is 17.4 Å². The Labute approximate surface area is 140 Å². The quantitative estimate of drug-likeness (QED) is 0.863. The third-order valence-electron chi connectivity index (χ3n) is 4.13. The van der Waals surface area contributed by atoms with E-state index in [-0.39, 0.29) is 18.1 Å². The Hall–Kier alpha value is -2.47. The molecule has 1 aromatic heterocycles. The highest BCUT2D eigenvalue weighted by Crippen LogP contribution is 2.19. The van der Waals surface area contributed by atoms with E-state index in [9.17, 15) is 9.18 Å². The van der Waals surface area contributed by atoms with Crippen molar-refractivity contribution in [2.24, 2.45) is 0 Å². The van der Waals surface area contributed by atoms with Gasteiger partial charge in [-0.25, -0.2) is 9.37 Å². The first kappa shape index (κ1) is 16.4. The summed E-state index contributed by atoms with van der Waals surface area (Å²) in [6.07, 6.45) is 1.69. The molecule has 1 aliphatic rings. The number of hydrogen-bond acceptors (Lipinski definition) is 4. The Morgan fingerprint density at radius 1 is 1.25 bits per heavy atom. The van der Waals surface area contributed by atoms with Crippen LogP contribution in [0.2, 0.25) is 0 Å². The second kappa shape index (κ2) is 7.40. The van der Waals surface area contributed by atoms with Gasteiger partial charge >= 0.3 is 0 Å². The summed E-state index contributed by atoms with van der Waals surface area (Å²) in [6.45, 7) is 3.03. The lowest BCUT2D eigenvalue weighted by atomic mass is 10.1. The maximum absolute atomic E-state index is 13.7. The van der Waals surface area contributed by atoms with E-state index in [1.54, 1.807) is 31.4 Å². The zero-order valence-electron chi connectivity index (χ0n) is 13.6. The Morgan fingerprint density at radius 2 is 2.00 bits per heavy atom. The molecule has 0 saturated carbocycles. The molecule has 6 heteroatoms. The number of anilines is 2. The minimum atomic E-state index is -0.361. The van der Waals surface area contributed by atoms with Crippen molar-refractivity contribution in [2.45, 2.75) is 6.42 Å². The average molecular weight is 329 g/mol. The highest BCUT2D eigenvalue weighted by Gasteiger charge is 2.16. The molecule has 1 amide bonds. The SMILES string of the molecule is CN(C(=O)Cc1ccccc1F)c1ccc(N2CCOCC2)nc1. The van der Waals surface area contributed by atoms with Gasteiger partial charge in [0, 0.05) is 20.1 Å². The summed E-state index contributed by atoms with van der Waals surface area (Å²) in [7, 11) is 1.68. The minimum Gasteiger partial charge on any atom is -0.378 e. The van der Waals surface area contributed by atoms with Crippen molar-refractivity contribution in [1.29, 1.82) is 0 Å². The molecule has 0 bridgehead atoms. The van der Waals surface area contributed by atoms with E-state index >= 15 is 0 Å². The molecule has 1 saturated heterocycles. The Balaban J connectivity index is 1.67. The number of hydrogen-bond donors (Lipinski definition) is 0. The lowest BCUT2D eigenvalue weighted by Crippen LogP contribution is -2.36. The molecule has 3 rings (SSSR count). The van der Waals surface area contributed by atoms with Crippen molar-refractivity contribution in [1.82, 2.24) is 4.98 Å². The maximum Gasteiger partial charge on any atom is 0.231 e. The zero-order chi connectivity index (χ0) is 16.9. The summed E-state index contributed by atoms with van der Waals surface area (Å²) < 4.78 is 19.0. The second-order valence-corrected chi connectivity index (χ2v) is 5.69. The first-order valence-corrected chi connectivity index (χ1v) is 7.94. The van der Waals surface area contributed by atoms with Crippen LogP contribution in [-0.4, -0.2) is 44.2 Å². The van der Waals surface area contributed by atoms with Crippen LogP contribution in [0.25, 0.3) is 0 Å². The maximum atomic E-state index is 13.7. The Morgan fingerprint density at radius 3 is 2.67 bits per heavy atom. The van der Waals surface area contributed by atoms with Gasteiger partial charge in [0.25, 0.3) is 0 Å². The van der Waals surface area contributed by atoms with Crippen LogP contribution in [0.5, 0.6) is 0 Å². The molecule has 1 aromatic carbocycles. The summed E-state index contributed by atoms with van der Waals surface area (Å²) in [4.78, 5) is 20.4. The van der Waals surface area contributed by atoms with E-state index in [1.807, 2.05) is 12.1 Å². The van der Waals surface area contributed by atoms with Crippen LogP contribution < -0.4 is 9.80 Å². The number of carbonyl (C=O) groups is 1. The molecule has 24 heavy (non-hydrogen) atoms. The molecule has 0 aliphatic carbocycles. The molecule has 126 valence electrons. The first-order valence-electron chi connectivity index (χ1n) is 7.94. The standard InChI is InChI=1S/C18H20FN3O2/c1-21(18(23)12-14-4-2-3-5-16(14)19)15-6-7-17(20-13-15)22-8-10-24-11-9-22/h2-7,13H,8-12H2,1H3. The summed E-state index contributed by atoms with van der Waals surface area (Å²) in [5.41, 5.74) is 1.08. The predicted molar refractivity (Wildman–Crippen MR) is 90.8 cm³/mol. The lowest BCUT2D eigenvalue weighted by molar-refractivity contribution is -0.117. The van der Waals surface area contributed by atoms with E-state index in [0.717, 1.165) is 18.9 Å².